The normalized spacial score (nSPS) is 15.3. The Kier molecular flexibility index (Phi) is 5.27. The molecule has 0 atom stereocenters. The molecular weight excluding hydrogens is 318 g/mol. The van der Waals surface area contributed by atoms with Crippen LogP contribution in [0.25, 0.3) is 0 Å². The number of anilines is 1. The Labute approximate surface area is 130 Å². The molecule has 2 heterocycles. The predicted molar refractivity (Wildman–Crippen MR) is 74.0 cm³/mol. The average Bonchev–Trinajstić information content (AvgIpc) is 2.51. The van der Waals surface area contributed by atoms with Crippen molar-refractivity contribution in [1.82, 2.24) is 9.88 Å². The van der Waals surface area contributed by atoms with E-state index in [1.165, 1.54) is 4.90 Å². The van der Waals surface area contributed by atoms with Crippen molar-refractivity contribution >= 4 is 11.8 Å². The van der Waals surface area contributed by atoms with Crippen LogP contribution in [-0.2, 0) is 4.74 Å². The summed E-state index contributed by atoms with van der Waals surface area (Å²) in [5.41, 5.74) is -0.801. The quantitative estimate of drug-likeness (QED) is 0.629. The van der Waals surface area contributed by atoms with E-state index in [9.17, 15) is 22.4 Å². The Morgan fingerprint density at radius 3 is 2.09 bits per heavy atom. The molecular formula is C14H17F4N3O2. The van der Waals surface area contributed by atoms with Gasteiger partial charge in [0.15, 0.2) is 0 Å². The van der Waals surface area contributed by atoms with E-state index in [2.05, 4.69) is 4.98 Å². The number of ether oxygens (including phenoxy) is 1. The van der Waals surface area contributed by atoms with Gasteiger partial charge in [0.25, 0.3) is 11.9 Å². The fraction of sp³-hybridized carbons (Fsp3) is 0.571. The third kappa shape index (κ3) is 3.83. The summed E-state index contributed by atoms with van der Waals surface area (Å²) in [6.07, 6.45) is -0.522. The van der Waals surface area contributed by atoms with Gasteiger partial charge in [0.1, 0.15) is 5.69 Å². The van der Waals surface area contributed by atoms with Crippen molar-refractivity contribution in [1.29, 1.82) is 0 Å². The first-order chi connectivity index (χ1) is 10.8. The van der Waals surface area contributed by atoms with Crippen LogP contribution in [-0.4, -0.2) is 48.8 Å². The van der Waals surface area contributed by atoms with E-state index in [1.54, 1.807) is 0 Å². The molecule has 1 amide bonds. The monoisotopic (exact) mass is 335 g/mol. The van der Waals surface area contributed by atoms with Gasteiger partial charge < -0.3 is 14.5 Å². The molecule has 0 aromatic carbocycles. The van der Waals surface area contributed by atoms with Crippen LogP contribution in [0.3, 0.4) is 0 Å². The smallest absolute Gasteiger partial charge is 0.409 e. The highest BCUT2D eigenvalue weighted by atomic mass is 19.2. The van der Waals surface area contributed by atoms with Gasteiger partial charge in [0.2, 0.25) is 11.6 Å². The fourth-order valence-corrected chi connectivity index (χ4v) is 2.20. The minimum atomic E-state index is -1.70. The number of piperazine rings is 1. The van der Waals surface area contributed by atoms with E-state index in [-0.39, 0.29) is 38.7 Å². The maximum absolute atomic E-state index is 13.7. The van der Waals surface area contributed by atoms with Crippen molar-refractivity contribution in [3.05, 3.63) is 23.5 Å². The molecule has 9 heteroatoms. The van der Waals surface area contributed by atoms with Crippen LogP contribution in [0.5, 0.6) is 0 Å². The van der Waals surface area contributed by atoms with Gasteiger partial charge in [-0.05, 0) is 5.92 Å². The maximum atomic E-state index is 13.7. The number of halogens is 4. The Hall–Kier alpha value is -2.06. The molecule has 0 N–H and O–H groups in total. The molecule has 5 nitrogen and oxygen atoms in total. The third-order valence-electron chi connectivity index (χ3n) is 3.37. The van der Waals surface area contributed by atoms with Crippen LogP contribution in [0.2, 0.25) is 0 Å². The molecule has 0 bridgehead atoms. The van der Waals surface area contributed by atoms with Crippen molar-refractivity contribution in [3.63, 3.8) is 0 Å². The second kappa shape index (κ2) is 7.01. The zero-order valence-corrected chi connectivity index (χ0v) is 12.8. The SMILES string of the molecule is CC(C)COC(=O)N1CCN(c2c(F)c(F)nc(F)c2F)CC1. The van der Waals surface area contributed by atoms with Crippen molar-refractivity contribution in [3.8, 4) is 0 Å². The maximum Gasteiger partial charge on any atom is 0.409 e. The summed E-state index contributed by atoms with van der Waals surface area (Å²) in [7, 11) is 0. The number of carbonyl (C=O) groups is 1. The first-order valence-corrected chi connectivity index (χ1v) is 7.18. The minimum Gasteiger partial charge on any atom is -0.449 e. The highest BCUT2D eigenvalue weighted by Crippen LogP contribution is 2.27. The second-order valence-corrected chi connectivity index (χ2v) is 5.61. The summed E-state index contributed by atoms with van der Waals surface area (Å²) in [6, 6.07) is 0. The first-order valence-electron chi connectivity index (χ1n) is 7.18. The van der Waals surface area contributed by atoms with Gasteiger partial charge in [-0.3, -0.25) is 0 Å². The van der Waals surface area contributed by atoms with Crippen molar-refractivity contribution in [2.24, 2.45) is 5.92 Å². The largest absolute Gasteiger partial charge is 0.449 e. The topological polar surface area (TPSA) is 45.7 Å². The molecule has 1 aliphatic rings. The van der Waals surface area contributed by atoms with E-state index in [1.807, 2.05) is 13.8 Å². The summed E-state index contributed by atoms with van der Waals surface area (Å²) in [5, 5.41) is 0. The Morgan fingerprint density at radius 1 is 1.09 bits per heavy atom. The predicted octanol–water partition coefficient (Wildman–Crippen LogP) is 2.55. The van der Waals surface area contributed by atoms with E-state index in [0.717, 1.165) is 4.90 Å². The number of amides is 1. The average molecular weight is 335 g/mol. The van der Waals surface area contributed by atoms with Gasteiger partial charge >= 0.3 is 6.09 Å². The van der Waals surface area contributed by atoms with Gasteiger partial charge in [-0.2, -0.15) is 22.5 Å². The van der Waals surface area contributed by atoms with Crippen LogP contribution >= 0.6 is 0 Å². The van der Waals surface area contributed by atoms with Crippen molar-refractivity contribution in [2.45, 2.75) is 13.8 Å². The van der Waals surface area contributed by atoms with Crippen LogP contribution in [0, 0.1) is 29.4 Å². The molecule has 1 saturated heterocycles. The van der Waals surface area contributed by atoms with Gasteiger partial charge in [0, 0.05) is 26.2 Å². The summed E-state index contributed by atoms with van der Waals surface area (Å²) in [4.78, 5) is 16.8. The molecule has 1 fully saturated rings. The molecule has 2 rings (SSSR count). The first kappa shape index (κ1) is 17.3. The van der Waals surface area contributed by atoms with Crippen molar-refractivity contribution in [2.75, 3.05) is 37.7 Å². The van der Waals surface area contributed by atoms with E-state index < -0.39 is 35.3 Å². The Morgan fingerprint density at radius 2 is 1.61 bits per heavy atom. The lowest BCUT2D eigenvalue weighted by Gasteiger charge is -2.35. The number of hydrogen-bond donors (Lipinski definition) is 0. The molecule has 1 aliphatic heterocycles. The van der Waals surface area contributed by atoms with Crippen LogP contribution < -0.4 is 4.90 Å². The van der Waals surface area contributed by atoms with Crippen LogP contribution in [0.1, 0.15) is 13.8 Å². The van der Waals surface area contributed by atoms with Gasteiger partial charge in [0.05, 0.1) is 6.61 Å². The van der Waals surface area contributed by atoms with E-state index >= 15 is 0 Å². The Bertz CT molecular complexity index is 564. The number of hydrogen-bond acceptors (Lipinski definition) is 4. The van der Waals surface area contributed by atoms with Crippen LogP contribution in [0.15, 0.2) is 0 Å². The number of rotatable bonds is 3. The molecule has 0 saturated carbocycles. The molecule has 128 valence electrons. The molecule has 0 radical (unpaired) electrons. The zero-order valence-electron chi connectivity index (χ0n) is 12.8. The van der Waals surface area contributed by atoms with Gasteiger partial charge in [-0.25, -0.2) is 4.79 Å². The lowest BCUT2D eigenvalue weighted by molar-refractivity contribution is 0.0900. The lowest BCUT2D eigenvalue weighted by Crippen LogP contribution is -2.49. The minimum absolute atomic E-state index is 0.0213. The number of nitrogens with zero attached hydrogens (tertiary/aromatic N) is 3. The summed E-state index contributed by atoms with van der Waals surface area (Å²) >= 11 is 0. The van der Waals surface area contributed by atoms with Gasteiger partial charge in [-0.15, -0.1) is 0 Å². The highest BCUT2D eigenvalue weighted by molar-refractivity contribution is 5.68. The third-order valence-corrected chi connectivity index (χ3v) is 3.37. The molecule has 1 aromatic heterocycles. The molecule has 0 aliphatic carbocycles. The Balaban J connectivity index is 2.04. The standard InChI is InChI=1S/C14H17F4N3O2/c1-8(2)7-23-14(22)21-5-3-20(4-6-21)11-9(15)12(17)19-13(18)10(11)16/h8H,3-7H2,1-2H3. The fourth-order valence-electron chi connectivity index (χ4n) is 2.20. The number of carbonyl (C=O) groups excluding carboxylic acids is 1. The molecule has 0 spiro atoms. The second-order valence-electron chi connectivity index (χ2n) is 5.61. The van der Waals surface area contributed by atoms with E-state index in [0.29, 0.717) is 0 Å². The number of pyridine rings is 1. The summed E-state index contributed by atoms with van der Waals surface area (Å²) < 4.78 is 58.8. The van der Waals surface area contributed by atoms with Crippen molar-refractivity contribution < 1.29 is 27.1 Å². The molecule has 1 aromatic rings. The van der Waals surface area contributed by atoms with Gasteiger partial charge in [-0.1, -0.05) is 13.8 Å². The lowest BCUT2D eigenvalue weighted by atomic mass is 10.2. The summed E-state index contributed by atoms with van der Waals surface area (Å²) in [6.45, 7) is 4.35. The van der Waals surface area contributed by atoms with E-state index in [4.69, 9.17) is 4.74 Å². The molecule has 23 heavy (non-hydrogen) atoms. The highest BCUT2D eigenvalue weighted by Gasteiger charge is 2.29. The zero-order chi connectivity index (χ0) is 17.1. The summed E-state index contributed by atoms with van der Waals surface area (Å²) in [5.74, 6) is -6.29. The molecule has 0 unspecified atom stereocenters. The van der Waals surface area contributed by atoms with Crippen LogP contribution in [0.4, 0.5) is 28.0 Å². The number of aromatic nitrogens is 1.